The Balaban J connectivity index is 2.00. The molecule has 0 saturated heterocycles. The molecule has 2 heterocycles. The molecule has 20 heavy (non-hydrogen) atoms. The highest BCUT2D eigenvalue weighted by Gasteiger charge is 2.09. The zero-order valence-corrected chi connectivity index (χ0v) is 12.3. The Morgan fingerprint density at radius 1 is 1.25 bits per heavy atom. The highest BCUT2D eigenvalue weighted by molar-refractivity contribution is 7.14. The van der Waals surface area contributed by atoms with E-state index in [9.17, 15) is 4.79 Å². The summed E-state index contributed by atoms with van der Waals surface area (Å²) in [6, 6.07) is 9.66. The van der Waals surface area contributed by atoms with Gasteiger partial charge in [-0.15, -0.1) is 11.3 Å². The molecule has 0 atom stereocenters. The SMILES string of the molecule is NCC#Cc1ccsc1Cn1sc2ccccc2c1=O. The molecule has 0 aliphatic heterocycles. The van der Waals surface area contributed by atoms with E-state index in [2.05, 4.69) is 11.8 Å². The number of fused-ring (bicyclic) bond motifs is 1. The molecule has 100 valence electrons. The van der Waals surface area contributed by atoms with Crippen molar-refractivity contribution in [1.29, 1.82) is 0 Å². The van der Waals surface area contributed by atoms with Crippen LogP contribution in [0.4, 0.5) is 0 Å². The van der Waals surface area contributed by atoms with Gasteiger partial charge in [-0.05, 0) is 23.6 Å². The Hall–Kier alpha value is -1.87. The Kier molecular flexibility index (Phi) is 3.70. The van der Waals surface area contributed by atoms with Gasteiger partial charge < -0.3 is 5.73 Å². The number of thiophene rings is 1. The first-order valence-corrected chi connectivity index (χ1v) is 7.79. The van der Waals surface area contributed by atoms with Crippen LogP contribution in [0.25, 0.3) is 10.1 Å². The molecule has 3 aromatic rings. The number of hydrogen-bond donors (Lipinski definition) is 1. The smallest absolute Gasteiger partial charge is 0.268 e. The quantitative estimate of drug-likeness (QED) is 0.739. The molecule has 0 fully saturated rings. The van der Waals surface area contributed by atoms with Gasteiger partial charge in [-0.25, -0.2) is 0 Å². The molecule has 0 unspecified atom stereocenters. The maximum absolute atomic E-state index is 12.3. The van der Waals surface area contributed by atoms with E-state index in [1.54, 1.807) is 15.3 Å². The summed E-state index contributed by atoms with van der Waals surface area (Å²) in [5.74, 6) is 5.91. The zero-order chi connectivity index (χ0) is 13.9. The molecule has 0 bridgehead atoms. The number of nitrogens with two attached hydrogens (primary N) is 1. The lowest BCUT2D eigenvalue weighted by molar-refractivity contribution is 0.868. The standard InChI is InChI=1S/C15H12N2OS2/c16-8-3-4-11-7-9-19-14(11)10-17-15(18)12-5-1-2-6-13(12)20-17/h1-2,5-7,9H,8,10,16H2. The fourth-order valence-electron chi connectivity index (χ4n) is 1.97. The Bertz CT molecular complexity index is 861. The number of hydrogen-bond acceptors (Lipinski definition) is 4. The van der Waals surface area contributed by atoms with Crippen LogP contribution in [0, 0.1) is 11.8 Å². The average Bonchev–Trinajstić information content (AvgIpc) is 3.03. The van der Waals surface area contributed by atoms with Gasteiger partial charge in [0.25, 0.3) is 5.56 Å². The monoisotopic (exact) mass is 300 g/mol. The summed E-state index contributed by atoms with van der Waals surface area (Å²) in [7, 11) is 0. The molecule has 0 spiro atoms. The van der Waals surface area contributed by atoms with E-state index < -0.39 is 0 Å². The van der Waals surface area contributed by atoms with E-state index in [0.717, 1.165) is 20.5 Å². The van der Waals surface area contributed by atoms with E-state index in [4.69, 9.17) is 5.73 Å². The van der Waals surface area contributed by atoms with E-state index in [1.807, 2.05) is 35.7 Å². The first kappa shape index (κ1) is 13.1. The number of aromatic nitrogens is 1. The Morgan fingerprint density at radius 2 is 2.10 bits per heavy atom. The van der Waals surface area contributed by atoms with Crippen LogP contribution in [0.5, 0.6) is 0 Å². The molecule has 0 aliphatic rings. The van der Waals surface area contributed by atoms with Gasteiger partial charge in [0, 0.05) is 10.4 Å². The number of nitrogens with zero attached hydrogens (tertiary/aromatic N) is 1. The molecule has 5 heteroatoms. The minimum Gasteiger partial charge on any atom is -0.320 e. The number of benzene rings is 1. The lowest BCUT2D eigenvalue weighted by Gasteiger charge is -1.98. The zero-order valence-electron chi connectivity index (χ0n) is 10.6. The predicted molar refractivity (Wildman–Crippen MR) is 85.4 cm³/mol. The lowest BCUT2D eigenvalue weighted by Crippen LogP contribution is -2.13. The third kappa shape index (κ3) is 2.41. The van der Waals surface area contributed by atoms with Crippen LogP contribution < -0.4 is 11.3 Å². The average molecular weight is 300 g/mol. The van der Waals surface area contributed by atoms with Crippen molar-refractivity contribution in [2.45, 2.75) is 6.54 Å². The van der Waals surface area contributed by atoms with Crippen molar-refractivity contribution >= 4 is 33.0 Å². The minimum atomic E-state index is 0.0664. The molecule has 2 N–H and O–H groups in total. The normalized spacial score (nSPS) is 10.4. The van der Waals surface area contributed by atoms with E-state index in [0.29, 0.717) is 13.1 Å². The predicted octanol–water partition coefficient (Wildman–Crippen LogP) is 2.48. The molecule has 0 saturated carbocycles. The van der Waals surface area contributed by atoms with Crippen LogP contribution in [0.1, 0.15) is 10.4 Å². The van der Waals surface area contributed by atoms with Crippen LogP contribution >= 0.6 is 22.9 Å². The van der Waals surface area contributed by atoms with Gasteiger partial charge >= 0.3 is 0 Å². The summed E-state index contributed by atoms with van der Waals surface area (Å²) in [6.45, 7) is 0.919. The molecular formula is C15H12N2OS2. The molecular weight excluding hydrogens is 288 g/mol. The Labute approximate surface area is 124 Å². The van der Waals surface area contributed by atoms with Crippen LogP contribution in [0.2, 0.25) is 0 Å². The van der Waals surface area contributed by atoms with E-state index in [1.165, 1.54) is 11.5 Å². The first-order valence-electron chi connectivity index (χ1n) is 6.14. The maximum atomic E-state index is 12.3. The van der Waals surface area contributed by atoms with Crippen molar-refractivity contribution < 1.29 is 0 Å². The Morgan fingerprint density at radius 3 is 2.90 bits per heavy atom. The van der Waals surface area contributed by atoms with Crippen LogP contribution in [-0.2, 0) is 6.54 Å². The van der Waals surface area contributed by atoms with Gasteiger partial charge in [0.2, 0.25) is 0 Å². The van der Waals surface area contributed by atoms with Crippen molar-refractivity contribution in [3.05, 3.63) is 56.5 Å². The maximum Gasteiger partial charge on any atom is 0.268 e. The van der Waals surface area contributed by atoms with E-state index in [-0.39, 0.29) is 5.56 Å². The van der Waals surface area contributed by atoms with Gasteiger partial charge in [0.15, 0.2) is 0 Å². The molecule has 0 aliphatic carbocycles. The second-order valence-electron chi connectivity index (χ2n) is 4.19. The van der Waals surface area contributed by atoms with E-state index >= 15 is 0 Å². The minimum absolute atomic E-state index is 0.0664. The van der Waals surface area contributed by atoms with Crippen molar-refractivity contribution in [3.63, 3.8) is 0 Å². The summed E-state index contributed by atoms with van der Waals surface area (Å²) >= 11 is 3.11. The van der Waals surface area contributed by atoms with Crippen molar-refractivity contribution in [3.8, 4) is 11.8 Å². The molecule has 3 rings (SSSR count). The number of rotatable bonds is 2. The molecule has 1 aromatic carbocycles. The van der Waals surface area contributed by atoms with Crippen LogP contribution in [0.15, 0.2) is 40.5 Å². The van der Waals surface area contributed by atoms with Crippen LogP contribution in [0.3, 0.4) is 0 Å². The van der Waals surface area contributed by atoms with Crippen molar-refractivity contribution in [1.82, 2.24) is 3.96 Å². The second kappa shape index (κ2) is 5.63. The third-order valence-electron chi connectivity index (χ3n) is 2.91. The molecule has 0 amide bonds. The van der Waals surface area contributed by atoms with Gasteiger partial charge in [-0.1, -0.05) is 35.5 Å². The summed E-state index contributed by atoms with van der Waals surface area (Å²) in [5, 5.41) is 2.78. The first-order chi connectivity index (χ1) is 9.79. The fourth-order valence-corrected chi connectivity index (χ4v) is 3.88. The largest absolute Gasteiger partial charge is 0.320 e. The highest BCUT2D eigenvalue weighted by atomic mass is 32.1. The van der Waals surface area contributed by atoms with Crippen molar-refractivity contribution in [2.24, 2.45) is 5.73 Å². The second-order valence-corrected chi connectivity index (χ2v) is 6.26. The fraction of sp³-hybridized carbons (Fsp3) is 0.133. The van der Waals surface area contributed by atoms with Gasteiger partial charge in [-0.3, -0.25) is 8.75 Å². The summed E-state index contributed by atoms with van der Waals surface area (Å²) < 4.78 is 2.80. The summed E-state index contributed by atoms with van der Waals surface area (Å²) in [6.07, 6.45) is 0. The summed E-state index contributed by atoms with van der Waals surface area (Å²) in [4.78, 5) is 13.4. The van der Waals surface area contributed by atoms with Crippen molar-refractivity contribution in [2.75, 3.05) is 6.54 Å². The molecule has 2 aromatic heterocycles. The highest BCUT2D eigenvalue weighted by Crippen LogP contribution is 2.21. The van der Waals surface area contributed by atoms with Gasteiger partial charge in [0.05, 0.1) is 23.2 Å². The van der Waals surface area contributed by atoms with Gasteiger partial charge in [0.1, 0.15) is 0 Å². The van der Waals surface area contributed by atoms with Crippen LogP contribution in [-0.4, -0.2) is 10.5 Å². The van der Waals surface area contributed by atoms with Gasteiger partial charge in [-0.2, -0.15) is 0 Å². The summed E-state index contributed by atoms with van der Waals surface area (Å²) in [5.41, 5.74) is 6.43. The molecule has 3 nitrogen and oxygen atoms in total. The topological polar surface area (TPSA) is 48.0 Å². The third-order valence-corrected chi connectivity index (χ3v) is 4.88. The lowest BCUT2D eigenvalue weighted by atomic mass is 10.2. The molecule has 0 radical (unpaired) electrons.